The molecule has 388 valence electrons. The number of nitrogens with zero attached hydrogens (tertiary/aromatic N) is 3. The first kappa shape index (κ1) is 54.2. The first-order valence-corrected chi connectivity index (χ1v) is 25.5. The second-order valence-corrected chi connectivity index (χ2v) is 21.2. The fraction of sp³-hybridized carbons (Fsp3) is 0.500. The van der Waals surface area contributed by atoms with Gasteiger partial charge in [-0.05, 0) is 80.0 Å². The second-order valence-electron chi connectivity index (χ2n) is 20.4. The number of para-hydroxylation sites is 1. The molecule has 3 aromatic carbocycles. The third kappa shape index (κ3) is 14.3. The molecule has 2 aliphatic rings. The van der Waals surface area contributed by atoms with Crippen LogP contribution in [0.1, 0.15) is 82.1 Å². The van der Waals surface area contributed by atoms with Crippen LogP contribution in [0.2, 0.25) is 0 Å². The van der Waals surface area contributed by atoms with Crippen LogP contribution in [0.25, 0.3) is 21.3 Å². The van der Waals surface area contributed by atoms with Crippen LogP contribution in [0.5, 0.6) is 0 Å². The highest BCUT2D eigenvalue weighted by Crippen LogP contribution is 2.42. The predicted octanol–water partition coefficient (Wildman–Crippen LogP) is 6.50. The Labute approximate surface area is 425 Å². The number of halogens is 1. The van der Waals surface area contributed by atoms with Gasteiger partial charge in [0.05, 0.1) is 67.9 Å². The minimum Gasteiger partial charge on any atom is -0.391 e. The van der Waals surface area contributed by atoms with E-state index in [9.17, 15) is 24.3 Å². The minimum atomic E-state index is -1.39. The number of hydrogen-bond acceptors (Lipinski definition) is 12. The Bertz CT molecular complexity index is 2610. The summed E-state index contributed by atoms with van der Waals surface area (Å²) in [6, 6.07) is 21.8. The summed E-state index contributed by atoms with van der Waals surface area (Å²) in [4.78, 5) is 65.7. The number of β-amino-alcohol motifs (C(OH)–C–C–N with tert-alkyl or cyclic N) is 1. The van der Waals surface area contributed by atoms with Crippen molar-refractivity contribution in [1.82, 2.24) is 30.4 Å². The number of alkyl halides is 1. The van der Waals surface area contributed by atoms with E-state index < -0.39 is 41.1 Å². The SMILES string of the molecule is Cc1ncsc1-c1ccc(CNC(=O)[C@@H]2C[C@@H](O)CN2C(=O)[C@@H](NC(=O)COCCOCCOCCOCC(=O)Nc2ccc([C@@H]3c4[nH]c5ccccc5c4C[C@@H](C)N3CC(C)(C)F)cc2)C(C)(C)C)cc1. The molecule has 0 radical (unpaired) electrons. The lowest BCUT2D eigenvalue weighted by Gasteiger charge is -2.43. The average Bonchev–Trinajstić information content (AvgIpc) is 4.06. The van der Waals surface area contributed by atoms with Gasteiger partial charge in [-0.3, -0.25) is 24.1 Å². The Morgan fingerprint density at radius 3 is 2.14 bits per heavy atom. The molecule has 72 heavy (non-hydrogen) atoms. The van der Waals surface area contributed by atoms with Crippen molar-refractivity contribution < 1.29 is 47.6 Å². The highest BCUT2D eigenvalue weighted by atomic mass is 32.1. The van der Waals surface area contributed by atoms with Gasteiger partial charge >= 0.3 is 0 Å². The number of aliphatic hydroxyl groups is 1. The Morgan fingerprint density at radius 2 is 1.51 bits per heavy atom. The predicted molar refractivity (Wildman–Crippen MR) is 275 cm³/mol. The lowest BCUT2D eigenvalue weighted by molar-refractivity contribution is -0.144. The molecule has 2 aromatic heterocycles. The van der Waals surface area contributed by atoms with Crippen LogP contribution in [-0.4, -0.2) is 144 Å². The summed E-state index contributed by atoms with van der Waals surface area (Å²) in [6.45, 7) is 14.1. The number of fused-ring (bicyclic) bond motifs is 3. The van der Waals surface area contributed by atoms with Crippen molar-refractivity contribution in [3.8, 4) is 10.4 Å². The number of carbonyl (C=O) groups excluding carboxylic acids is 4. The van der Waals surface area contributed by atoms with Crippen molar-refractivity contribution in [3.63, 3.8) is 0 Å². The molecule has 2 aliphatic heterocycles. The number of amides is 4. The van der Waals surface area contributed by atoms with Crippen LogP contribution >= 0.6 is 11.3 Å². The van der Waals surface area contributed by atoms with Crippen molar-refractivity contribution in [2.45, 2.75) is 104 Å². The second kappa shape index (κ2) is 24.4. The van der Waals surface area contributed by atoms with Gasteiger partial charge in [0.2, 0.25) is 23.6 Å². The molecule has 18 heteroatoms. The maximum atomic E-state index is 15.1. The number of hydrogen-bond donors (Lipinski definition) is 5. The molecule has 5 N–H and O–H groups in total. The number of nitrogens with one attached hydrogen (secondary N) is 4. The molecule has 4 heterocycles. The summed E-state index contributed by atoms with van der Waals surface area (Å²) >= 11 is 1.57. The van der Waals surface area contributed by atoms with Gasteiger partial charge in [0.1, 0.15) is 31.0 Å². The number of likely N-dealkylation sites (tertiary alicyclic amines) is 1. The summed E-state index contributed by atoms with van der Waals surface area (Å²) in [6.07, 6.45) is 0.0205. The molecule has 0 spiro atoms. The van der Waals surface area contributed by atoms with Gasteiger partial charge in [0, 0.05) is 54.4 Å². The molecule has 0 unspecified atom stereocenters. The smallest absolute Gasteiger partial charge is 0.250 e. The van der Waals surface area contributed by atoms with E-state index in [-0.39, 0.29) is 103 Å². The van der Waals surface area contributed by atoms with Crippen LogP contribution in [-0.2, 0) is 51.1 Å². The topological polar surface area (TPSA) is 197 Å². The zero-order valence-corrected chi connectivity index (χ0v) is 43.2. The maximum absolute atomic E-state index is 15.1. The van der Waals surface area contributed by atoms with Gasteiger partial charge in [-0.25, -0.2) is 9.37 Å². The zero-order valence-electron chi connectivity index (χ0n) is 42.4. The van der Waals surface area contributed by atoms with Crippen LogP contribution < -0.4 is 16.0 Å². The van der Waals surface area contributed by atoms with Gasteiger partial charge in [0.25, 0.3) is 0 Å². The zero-order chi connectivity index (χ0) is 51.6. The van der Waals surface area contributed by atoms with Gasteiger partial charge in [-0.15, -0.1) is 11.3 Å². The van der Waals surface area contributed by atoms with Crippen molar-refractivity contribution in [3.05, 3.63) is 106 Å². The summed E-state index contributed by atoms with van der Waals surface area (Å²) in [5.74, 6) is -1.65. The third-order valence-corrected chi connectivity index (χ3v) is 13.9. The number of carbonyl (C=O) groups is 4. The van der Waals surface area contributed by atoms with Crippen molar-refractivity contribution in [2.24, 2.45) is 5.41 Å². The number of rotatable bonds is 23. The Morgan fingerprint density at radius 1 is 0.875 bits per heavy atom. The van der Waals surface area contributed by atoms with E-state index in [0.29, 0.717) is 5.69 Å². The number of H-pyrrole nitrogens is 1. The molecule has 16 nitrogen and oxygen atoms in total. The lowest BCUT2D eigenvalue weighted by atomic mass is 9.85. The van der Waals surface area contributed by atoms with E-state index >= 15 is 4.39 Å². The molecule has 5 aromatic rings. The first-order valence-electron chi connectivity index (χ1n) is 24.7. The first-order chi connectivity index (χ1) is 34.4. The number of aromatic nitrogens is 2. The molecule has 5 atom stereocenters. The number of aliphatic hydroxyl groups excluding tert-OH is 1. The monoisotopic (exact) mass is 1010 g/mol. The quantitative estimate of drug-likeness (QED) is 0.0449. The van der Waals surface area contributed by atoms with Gasteiger partial charge in [0.15, 0.2) is 0 Å². The normalized spacial score (nSPS) is 18.8. The van der Waals surface area contributed by atoms with E-state index in [1.807, 2.05) is 93.9 Å². The number of aryl methyl sites for hydroxylation is 1. The fourth-order valence-corrected chi connectivity index (χ4v) is 10.2. The fourth-order valence-electron chi connectivity index (χ4n) is 9.36. The minimum absolute atomic E-state index is 0.0286. The molecule has 0 aliphatic carbocycles. The van der Waals surface area contributed by atoms with Crippen LogP contribution in [0, 0.1) is 12.3 Å². The molecular weight excluding hydrogens is 942 g/mol. The standard InChI is InChI=1S/C54H70FN7O9S/c1-34-26-42-41-10-8-9-11-43(41)59-47(42)48(62(34)32-54(6,7)55)37-16-18-39(19-17-37)58-45(64)30-70-24-22-68-20-21-69-23-25-71-31-46(65)60-50(53(3,4)5)52(67)61-29-40(63)27-44(61)51(66)56-28-36-12-14-38(15-13-36)49-35(2)57-33-72-49/h8-19,33-34,40,44,48,50,59,63H,20-32H2,1-7H3,(H,56,66)(H,58,64)(H,60,65)/t34-,40-,44+,48-,50-/m1/s1. The van der Waals surface area contributed by atoms with E-state index in [1.165, 1.54) is 15.8 Å². The van der Waals surface area contributed by atoms with Crippen molar-refractivity contribution in [2.75, 3.05) is 71.3 Å². The van der Waals surface area contributed by atoms with Gasteiger partial charge < -0.3 is 49.9 Å². The highest BCUT2D eigenvalue weighted by Gasteiger charge is 2.45. The number of thiazole rings is 1. The van der Waals surface area contributed by atoms with E-state index in [0.717, 1.165) is 44.9 Å². The average molecular weight is 1010 g/mol. The van der Waals surface area contributed by atoms with E-state index in [2.05, 4.69) is 49.9 Å². The largest absolute Gasteiger partial charge is 0.391 e. The van der Waals surface area contributed by atoms with Crippen LogP contribution in [0.4, 0.5) is 10.1 Å². The number of anilines is 1. The molecule has 1 fully saturated rings. The number of aromatic amines is 1. The summed E-state index contributed by atoms with van der Waals surface area (Å²) in [5, 5.41) is 20.3. The van der Waals surface area contributed by atoms with E-state index in [1.54, 1.807) is 25.2 Å². The van der Waals surface area contributed by atoms with E-state index in [4.69, 9.17) is 18.9 Å². The molecule has 7 rings (SSSR count). The maximum Gasteiger partial charge on any atom is 0.250 e. The third-order valence-electron chi connectivity index (χ3n) is 12.9. The molecule has 0 bridgehead atoms. The number of ether oxygens (including phenoxy) is 4. The lowest BCUT2D eigenvalue weighted by Crippen LogP contribution is -2.58. The number of benzene rings is 3. The van der Waals surface area contributed by atoms with Crippen molar-refractivity contribution >= 4 is 51.6 Å². The van der Waals surface area contributed by atoms with Crippen molar-refractivity contribution in [1.29, 1.82) is 0 Å². The molecule has 4 amide bonds. The van der Waals surface area contributed by atoms with Crippen LogP contribution in [0.15, 0.2) is 78.3 Å². The summed E-state index contributed by atoms with van der Waals surface area (Å²) < 4.78 is 37.3. The Kier molecular flexibility index (Phi) is 18.4. The summed E-state index contributed by atoms with van der Waals surface area (Å²) in [7, 11) is 0. The molecule has 0 saturated carbocycles. The van der Waals surface area contributed by atoms with Gasteiger partial charge in [-0.1, -0.05) is 75.4 Å². The highest BCUT2D eigenvalue weighted by molar-refractivity contribution is 7.13. The Balaban J connectivity index is 0.755. The molecular formula is C54H70FN7O9S. The Hall–Kier alpha value is -5.60. The molecule has 1 saturated heterocycles. The van der Waals surface area contributed by atoms with Gasteiger partial charge in [-0.2, -0.15) is 0 Å². The van der Waals surface area contributed by atoms with Crippen LogP contribution in [0.3, 0.4) is 0 Å². The summed E-state index contributed by atoms with van der Waals surface area (Å²) in [5.41, 5.74) is 7.61.